The fourth-order valence-corrected chi connectivity index (χ4v) is 4.73. The number of amides is 2. The lowest BCUT2D eigenvalue weighted by molar-refractivity contribution is -0.118. The highest BCUT2D eigenvalue weighted by Gasteiger charge is 2.35. The zero-order valence-electron chi connectivity index (χ0n) is 19.1. The summed E-state index contributed by atoms with van der Waals surface area (Å²) in [7, 11) is 0. The van der Waals surface area contributed by atoms with Gasteiger partial charge in [0.1, 0.15) is 29.5 Å². The van der Waals surface area contributed by atoms with E-state index in [2.05, 4.69) is 5.32 Å². The monoisotopic (exact) mass is 442 g/mol. The normalized spacial score (nSPS) is 25.5. The molecule has 0 bridgehead atoms. The fraction of sp³-hybridized carbons (Fsp3) is 0.417. The number of benzene rings is 2. The molecule has 2 N–H and O–H groups in total. The first-order chi connectivity index (χ1) is 15.0. The molecule has 2 amide bonds. The van der Waals surface area contributed by atoms with Crippen molar-refractivity contribution in [2.24, 2.45) is 0 Å². The molecular formula is C24H27NO5S. The Labute approximate surface area is 187 Å². The van der Waals surface area contributed by atoms with Crippen LogP contribution < -0.4 is 14.8 Å². The van der Waals surface area contributed by atoms with Crippen LogP contribution in [0.3, 0.4) is 0 Å². The van der Waals surface area contributed by atoms with Gasteiger partial charge in [-0.1, -0.05) is 23.9 Å². The largest absolute Gasteiger partial charge is 0.507 e. The van der Waals surface area contributed by atoms with Gasteiger partial charge in [0.2, 0.25) is 5.91 Å². The molecule has 7 heteroatoms. The first-order valence-electron chi connectivity index (χ1n) is 10.8. The molecule has 0 spiro atoms. The van der Waals surface area contributed by atoms with Gasteiger partial charge in [-0.15, -0.1) is 0 Å². The number of ether oxygens (including phenoxy) is 2. The SMILES string of the molecule is [2H][C@]1(Cc2ccc(OCC3(C)CCc4c(C)c(O)c(C)c(C)c4O3)cc2)SC(=O)NC1=O. The Bertz CT molecular complexity index is 1100. The molecular weight excluding hydrogens is 414 g/mol. The third kappa shape index (κ3) is 4.24. The first kappa shape index (κ1) is 20.2. The molecule has 1 unspecified atom stereocenters. The maximum absolute atomic E-state index is 11.9. The van der Waals surface area contributed by atoms with E-state index < -0.39 is 22.0 Å². The van der Waals surface area contributed by atoms with Crippen molar-refractivity contribution in [2.45, 2.75) is 57.8 Å². The smallest absolute Gasteiger partial charge is 0.286 e. The minimum atomic E-state index is -1.53. The second-order valence-corrected chi connectivity index (χ2v) is 9.53. The number of phenolic OH excluding ortho intramolecular Hbond substituents is 1. The summed E-state index contributed by atoms with van der Waals surface area (Å²) in [5.74, 6) is 1.27. The van der Waals surface area contributed by atoms with Gasteiger partial charge in [-0.25, -0.2) is 0 Å². The van der Waals surface area contributed by atoms with Gasteiger partial charge in [0, 0.05) is 5.56 Å². The third-order valence-corrected chi connectivity index (χ3v) is 6.97. The van der Waals surface area contributed by atoms with E-state index in [1.54, 1.807) is 24.3 Å². The van der Waals surface area contributed by atoms with Crippen LogP contribution in [0.15, 0.2) is 24.3 Å². The Morgan fingerprint density at radius 3 is 2.58 bits per heavy atom. The van der Waals surface area contributed by atoms with E-state index in [0.29, 0.717) is 29.9 Å². The van der Waals surface area contributed by atoms with Crippen molar-refractivity contribution in [3.8, 4) is 17.2 Å². The lowest BCUT2D eigenvalue weighted by atomic mass is 9.87. The van der Waals surface area contributed by atoms with E-state index in [1.165, 1.54) is 0 Å². The molecule has 4 rings (SSSR count). The van der Waals surface area contributed by atoms with Crippen LogP contribution in [-0.2, 0) is 17.6 Å². The van der Waals surface area contributed by atoms with E-state index in [1.807, 2.05) is 27.7 Å². The Hall–Kier alpha value is -2.67. The summed E-state index contributed by atoms with van der Waals surface area (Å²) in [5, 5.41) is 10.5. The molecule has 6 nitrogen and oxygen atoms in total. The average molecular weight is 443 g/mol. The zero-order chi connectivity index (χ0) is 23.3. The number of hydrogen-bond acceptors (Lipinski definition) is 6. The van der Waals surface area contributed by atoms with Crippen molar-refractivity contribution in [1.29, 1.82) is 0 Å². The average Bonchev–Trinajstić information content (AvgIpc) is 3.01. The Balaban J connectivity index is 1.42. The number of thioether (sulfide) groups is 1. The Kier molecular flexibility index (Phi) is 5.30. The second-order valence-electron chi connectivity index (χ2n) is 8.46. The summed E-state index contributed by atoms with van der Waals surface area (Å²) < 4.78 is 20.6. The van der Waals surface area contributed by atoms with Crippen molar-refractivity contribution in [3.63, 3.8) is 0 Å². The molecule has 0 radical (unpaired) electrons. The highest BCUT2D eigenvalue weighted by atomic mass is 32.2. The summed E-state index contributed by atoms with van der Waals surface area (Å²) >= 11 is 0.705. The predicted octanol–water partition coefficient (Wildman–Crippen LogP) is 4.37. The van der Waals surface area contributed by atoms with Gasteiger partial charge in [-0.3, -0.25) is 14.9 Å². The highest BCUT2D eigenvalue weighted by molar-refractivity contribution is 8.15. The molecule has 0 aromatic heterocycles. The molecule has 164 valence electrons. The van der Waals surface area contributed by atoms with Crippen LogP contribution in [-0.4, -0.2) is 33.7 Å². The summed E-state index contributed by atoms with van der Waals surface area (Å²) in [5.41, 5.74) is 4.00. The molecule has 2 heterocycles. The maximum Gasteiger partial charge on any atom is 0.286 e. The number of imide groups is 1. The fourth-order valence-electron chi connectivity index (χ4n) is 3.98. The minimum Gasteiger partial charge on any atom is -0.507 e. The first-order valence-corrected chi connectivity index (χ1v) is 11.1. The van der Waals surface area contributed by atoms with Crippen LogP contribution in [0, 0.1) is 20.8 Å². The molecule has 2 aromatic rings. The second kappa shape index (κ2) is 8.11. The van der Waals surface area contributed by atoms with Crippen molar-refractivity contribution in [2.75, 3.05) is 6.61 Å². The molecule has 1 saturated heterocycles. The predicted molar refractivity (Wildman–Crippen MR) is 120 cm³/mol. The van der Waals surface area contributed by atoms with Crippen molar-refractivity contribution >= 4 is 22.9 Å². The maximum atomic E-state index is 11.9. The van der Waals surface area contributed by atoms with E-state index in [4.69, 9.17) is 10.8 Å². The lowest BCUT2D eigenvalue weighted by Gasteiger charge is -2.37. The van der Waals surface area contributed by atoms with Crippen LogP contribution in [0.25, 0.3) is 0 Å². The zero-order valence-corrected chi connectivity index (χ0v) is 18.9. The highest BCUT2D eigenvalue weighted by Crippen LogP contribution is 2.43. The molecule has 1 fully saturated rings. The van der Waals surface area contributed by atoms with Crippen LogP contribution in [0.4, 0.5) is 4.79 Å². The molecule has 2 atom stereocenters. The van der Waals surface area contributed by atoms with Gasteiger partial charge in [0.15, 0.2) is 0 Å². The lowest BCUT2D eigenvalue weighted by Crippen LogP contribution is -2.42. The van der Waals surface area contributed by atoms with Crippen LogP contribution >= 0.6 is 11.8 Å². The molecule has 2 aliphatic heterocycles. The summed E-state index contributed by atoms with van der Waals surface area (Å²) in [6, 6.07) is 7.22. The van der Waals surface area contributed by atoms with Gasteiger partial charge in [-0.2, -0.15) is 0 Å². The molecule has 31 heavy (non-hydrogen) atoms. The van der Waals surface area contributed by atoms with Gasteiger partial charge in [0.05, 0.1) is 6.60 Å². The quantitative estimate of drug-likeness (QED) is 0.715. The number of phenols is 1. The molecule has 0 saturated carbocycles. The van der Waals surface area contributed by atoms with Crippen LogP contribution in [0.2, 0.25) is 0 Å². The van der Waals surface area contributed by atoms with Crippen molar-refractivity contribution in [1.82, 2.24) is 5.32 Å². The molecule has 2 aliphatic rings. The van der Waals surface area contributed by atoms with Crippen LogP contribution in [0.1, 0.15) is 42.5 Å². The van der Waals surface area contributed by atoms with E-state index in [0.717, 1.165) is 46.4 Å². The van der Waals surface area contributed by atoms with Crippen LogP contribution in [0.5, 0.6) is 17.2 Å². The number of carbonyl (C=O) groups is 2. The number of hydrogen-bond donors (Lipinski definition) is 2. The standard InChI is InChI=1S/C24H27NO5S/c1-13-14(2)21-18(15(3)20(13)26)9-10-24(4,30-21)12-29-17-7-5-16(6-8-17)11-19-22(27)25-23(28)31-19/h5-8,19,26H,9-12H2,1-4H3,(H,25,27,28)/t19-,24?/m1/s1/i19D. The van der Waals surface area contributed by atoms with Gasteiger partial charge in [-0.05, 0) is 81.3 Å². The van der Waals surface area contributed by atoms with E-state index in [9.17, 15) is 14.7 Å². The summed E-state index contributed by atoms with van der Waals surface area (Å²) in [6.45, 7) is 8.18. The van der Waals surface area contributed by atoms with Gasteiger partial charge < -0.3 is 14.6 Å². The number of carbonyl (C=O) groups excluding carboxylic acids is 2. The Morgan fingerprint density at radius 1 is 1.23 bits per heavy atom. The topological polar surface area (TPSA) is 84.9 Å². The molecule has 2 aromatic carbocycles. The number of rotatable bonds is 5. The van der Waals surface area contributed by atoms with Gasteiger partial charge in [0.25, 0.3) is 5.24 Å². The number of fused-ring (bicyclic) bond motifs is 1. The number of aromatic hydroxyl groups is 1. The summed E-state index contributed by atoms with van der Waals surface area (Å²) in [6.07, 6.45) is 1.71. The van der Waals surface area contributed by atoms with Crippen molar-refractivity contribution < 1.29 is 25.5 Å². The minimum absolute atomic E-state index is 0.137. The van der Waals surface area contributed by atoms with E-state index in [-0.39, 0.29) is 6.42 Å². The summed E-state index contributed by atoms with van der Waals surface area (Å²) in [4.78, 5) is 23.3. The van der Waals surface area contributed by atoms with E-state index >= 15 is 0 Å². The van der Waals surface area contributed by atoms with Crippen molar-refractivity contribution in [3.05, 3.63) is 52.1 Å². The number of nitrogens with one attached hydrogen (secondary N) is 1. The van der Waals surface area contributed by atoms with Gasteiger partial charge >= 0.3 is 0 Å². The Morgan fingerprint density at radius 2 is 1.94 bits per heavy atom. The molecule has 0 aliphatic carbocycles. The third-order valence-electron chi connectivity index (χ3n) is 6.11.